The summed E-state index contributed by atoms with van der Waals surface area (Å²) in [6.45, 7) is 2.21. The number of halogens is 3. The molecule has 0 bridgehead atoms. The number of hydrogen-bond donors (Lipinski definition) is 1. The number of nitrogens with zero attached hydrogens (tertiary/aromatic N) is 2. The largest absolute Gasteiger partial charge is 0.379 e. The van der Waals surface area contributed by atoms with Gasteiger partial charge in [0.25, 0.3) is 5.69 Å². The van der Waals surface area contributed by atoms with E-state index in [1.165, 1.54) is 11.3 Å². The van der Waals surface area contributed by atoms with Crippen LogP contribution in [0.15, 0.2) is 21.2 Å². The van der Waals surface area contributed by atoms with Crippen LogP contribution in [0.2, 0.25) is 4.47 Å². The zero-order valence-corrected chi connectivity index (χ0v) is 14.9. The molecule has 1 N–H and O–H groups in total. The van der Waals surface area contributed by atoms with Gasteiger partial charge in [-0.3, -0.25) is 10.1 Å². The first-order valence-electron chi connectivity index (χ1n) is 5.37. The summed E-state index contributed by atoms with van der Waals surface area (Å²) in [5, 5.41) is 14.3. The van der Waals surface area contributed by atoms with Gasteiger partial charge in [0, 0.05) is 15.5 Å². The van der Waals surface area contributed by atoms with Gasteiger partial charge < -0.3 is 5.32 Å². The summed E-state index contributed by atoms with van der Waals surface area (Å²) >= 11 is 13.7. The quantitative estimate of drug-likeness (QED) is 0.526. The van der Waals surface area contributed by atoms with Crippen molar-refractivity contribution in [3.8, 4) is 0 Å². The minimum Gasteiger partial charge on any atom is -0.379 e. The first kappa shape index (κ1) is 15.7. The Kier molecular flexibility index (Phi) is 5.00. The highest BCUT2D eigenvalue weighted by Crippen LogP contribution is 2.39. The van der Waals surface area contributed by atoms with Crippen molar-refractivity contribution in [3.05, 3.63) is 46.2 Å². The zero-order chi connectivity index (χ0) is 14.9. The van der Waals surface area contributed by atoms with E-state index in [1.54, 1.807) is 19.2 Å². The molecule has 0 radical (unpaired) electrons. The summed E-state index contributed by atoms with van der Waals surface area (Å²) < 4.78 is 1.67. The summed E-state index contributed by atoms with van der Waals surface area (Å²) in [5.41, 5.74) is 1.30. The molecule has 0 saturated carbocycles. The molecule has 0 spiro atoms. The van der Waals surface area contributed by atoms with E-state index >= 15 is 0 Å². The van der Waals surface area contributed by atoms with Crippen molar-refractivity contribution in [2.24, 2.45) is 0 Å². The van der Waals surface area contributed by atoms with Crippen LogP contribution >= 0.6 is 54.8 Å². The van der Waals surface area contributed by atoms with Gasteiger partial charge in [0.2, 0.25) is 0 Å². The molecule has 0 atom stereocenters. The van der Waals surface area contributed by atoms with Crippen LogP contribution in [0.3, 0.4) is 0 Å². The van der Waals surface area contributed by atoms with Gasteiger partial charge in [-0.25, -0.2) is 4.98 Å². The topological polar surface area (TPSA) is 68.1 Å². The SMILES string of the molecule is Cc1c(NCc2cnc(Cl)s2)c(Br)cc(Br)c1[N+](=O)[O-]. The first-order chi connectivity index (χ1) is 9.40. The van der Waals surface area contributed by atoms with Gasteiger partial charge in [0.1, 0.15) is 0 Å². The van der Waals surface area contributed by atoms with E-state index in [4.69, 9.17) is 11.6 Å². The van der Waals surface area contributed by atoms with Gasteiger partial charge in [-0.2, -0.15) is 0 Å². The Bertz CT molecular complexity index is 678. The minimum atomic E-state index is -0.402. The van der Waals surface area contributed by atoms with Crippen LogP contribution < -0.4 is 5.32 Å². The summed E-state index contributed by atoms with van der Waals surface area (Å²) in [6, 6.07) is 1.66. The fourth-order valence-corrected chi connectivity index (χ4v) is 4.27. The van der Waals surface area contributed by atoms with E-state index in [1.807, 2.05) is 0 Å². The summed E-state index contributed by atoms with van der Waals surface area (Å²) in [5.74, 6) is 0. The minimum absolute atomic E-state index is 0.0537. The highest BCUT2D eigenvalue weighted by molar-refractivity contribution is 9.11. The van der Waals surface area contributed by atoms with E-state index < -0.39 is 4.92 Å². The Hall–Kier alpha value is -0.700. The molecule has 106 valence electrons. The lowest BCUT2D eigenvalue weighted by molar-refractivity contribution is -0.386. The molecular weight excluding hydrogens is 433 g/mol. The van der Waals surface area contributed by atoms with E-state index in [2.05, 4.69) is 42.2 Å². The molecule has 20 heavy (non-hydrogen) atoms. The van der Waals surface area contributed by atoms with E-state index in [0.717, 1.165) is 9.35 Å². The molecule has 1 heterocycles. The number of nitro benzene ring substituents is 1. The number of anilines is 1. The van der Waals surface area contributed by atoms with Crippen molar-refractivity contribution >= 4 is 66.2 Å². The Balaban J connectivity index is 2.31. The molecule has 0 aliphatic heterocycles. The smallest absolute Gasteiger partial charge is 0.288 e. The Morgan fingerprint density at radius 3 is 2.75 bits per heavy atom. The standard InChI is InChI=1S/C11H8Br2ClN3O2S/c1-5-9(15-3-6-4-16-11(14)20-6)7(12)2-8(13)10(5)17(18)19/h2,4,15H,3H2,1H3. The third kappa shape index (κ3) is 3.30. The predicted octanol–water partition coefficient (Wildman–Crippen LogP) is 5.15. The maximum Gasteiger partial charge on any atom is 0.288 e. The third-order valence-electron chi connectivity index (χ3n) is 2.60. The van der Waals surface area contributed by atoms with Gasteiger partial charge in [-0.1, -0.05) is 11.6 Å². The predicted molar refractivity (Wildman–Crippen MR) is 87.7 cm³/mol. The lowest BCUT2D eigenvalue weighted by atomic mass is 10.1. The number of thiazole rings is 1. The molecule has 2 aromatic rings. The highest BCUT2D eigenvalue weighted by atomic mass is 79.9. The lowest BCUT2D eigenvalue weighted by Gasteiger charge is -2.12. The molecular formula is C11H8Br2ClN3O2S. The van der Waals surface area contributed by atoms with Gasteiger partial charge in [-0.05, 0) is 44.8 Å². The van der Waals surface area contributed by atoms with Crippen LogP contribution in [0, 0.1) is 17.0 Å². The molecule has 5 nitrogen and oxygen atoms in total. The van der Waals surface area contributed by atoms with Crippen LogP contribution in [0.25, 0.3) is 0 Å². The third-order valence-corrected chi connectivity index (χ3v) is 4.94. The van der Waals surface area contributed by atoms with Gasteiger partial charge in [-0.15, -0.1) is 11.3 Å². The number of hydrogen-bond acceptors (Lipinski definition) is 5. The van der Waals surface area contributed by atoms with Crippen LogP contribution in [0.4, 0.5) is 11.4 Å². The second-order valence-electron chi connectivity index (χ2n) is 3.88. The van der Waals surface area contributed by atoms with E-state index in [-0.39, 0.29) is 5.69 Å². The number of aromatic nitrogens is 1. The van der Waals surface area contributed by atoms with E-state index in [0.29, 0.717) is 26.7 Å². The summed E-state index contributed by atoms with van der Waals surface area (Å²) in [7, 11) is 0. The Labute approximate surface area is 140 Å². The fraction of sp³-hybridized carbons (Fsp3) is 0.182. The average Bonchev–Trinajstić information content (AvgIpc) is 2.73. The highest BCUT2D eigenvalue weighted by Gasteiger charge is 2.21. The van der Waals surface area contributed by atoms with Gasteiger partial charge in [0.15, 0.2) is 4.47 Å². The second-order valence-corrected chi connectivity index (χ2v) is 7.29. The molecule has 9 heteroatoms. The number of nitro groups is 1. The number of rotatable bonds is 4. The van der Waals surface area contributed by atoms with Crippen molar-refractivity contribution in [1.82, 2.24) is 4.98 Å². The van der Waals surface area contributed by atoms with Crippen LogP contribution in [0.1, 0.15) is 10.4 Å². The monoisotopic (exact) mass is 439 g/mol. The first-order valence-corrected chi connectivity index (χ1v) is 8.15. The maximum atomic E-state index is 11.1. The van der Waals surface area contributed by atoms with Crippen LogP contribution in [-0.2, 0) is 6.54 Å². The summed E-state index contributed by atoms with van der Waals surface area (Å²) in [4.78, 5) is 15.6. The number of nitrogens with one attached hydrogen (secondary N) is 1. The zero-order valence-electron chi connectivity index (χ0n) is 10.1. The van der Waals surface area contributed by atoms with Gasteiger partial charge in [0.05, 0.1) is 27.2 Å². The van der Waals surface area contributed by atoms with Crippen molar-refractivity contribution in [1.29, 1.82) is 0 Å². The lowest BCUT2D eigenvalue weighted by Crippen LogP contribution is -2.03. The average molecular weight is 442 g/mol. The fourth-order valence-electron chi connectivity index (χ4n) is 1.71. The van der Waals surface area contributed by atoms with Crippen molar-refractivity contribution in [2.75, 3.05) is 5.32 Å². The van der Waals surface area contributed by atoms with Crippen LogP contribution in [-0.4, -0.2) is 9.91 Å². The molecule has 0 unspecified atom stereocenters. The van der Waals surface area contributed by atoms with Crippen molar-refractivity contribution < 1.29 is 4.92 Å². The molecule has 0 saturated heterocycles. The molecule has 1 aromatic carbocycles. The van der Waals surface area contributed by atoms with E-state index in [9.17, 15) is 10.1 Å². The van der Waals surface area contributed by atoms with Crippen molar-refractivity contribution in [2.45, 2.75) is 13.5 Å². The number of benzene rings is 1. The van der Waals surface area contributed by atoms with Gasteiger partial charge >= 0.3 is 0 Å². The molecule has 0 amide bonds. The Morgan fingerprint density at radius 1 is 1.50 bits per heavy atom. The molecule has 1 aromatic heterocycles. The molecule has 0 fully saturated rings. The molecule has 2 rings (SSSR count). The molecule has 0 aliphatic rings. The Morgan fingerprint density at radius 2 is 2.20 bits per heavy atom. The second kappa shape index (κ2) is 6.38. The normalized spacial score (nSPS) is 10.6. The maximum absolute atomic E-state index is 11.1. The summed E-state index contributed by atoms with van der Waals surface area (Å²) in [6.07, 6.45) is 1.68. The van der Waals surface area contributed by atoms with Crippen LogP contribution in [0.5, 0.6) is 0 Å². The van der Waals surface area contributed by atoms with Crippen molar-refractivity contribution in [3.63, 3.8) is 0 Å². The molecule has 0 aliphatic carbocycles.